The van der Waals surface area contributed by atoms with Crippen molar-refractivity contribution in [1.82, 2.24) is 9.88 Å². The molecule has 1 fully saturated rings. The standard InChI is InChI=1S/C28H26N2O4S/c1-18-6-7-19-13-21(27(29-23(19)12-18)26-5-3-11-35-26)15-30(16-22-4-2-10-32-22)28(31)20-8-9-24-25(14-20)34-17-33-24/h3,5-9,11-14,22H,2,4,10,15-17H2,1H3/t22-/m0/s1. The maximum Gasteiger partial charge on any atom is 0.254 e. The predicted octanol–water partition coefficient (Wildman–Crippen LogP) is 5.82. The van der Waals surface area contributed by atoms with Crippen molar-refractivity contribution in [1.29, 1.82) is 0 Å². The second kappa shape index (κ2) is 9.32. The van der Waals surface area contributed by atoms with E-state index >= 15 is 0 Å². The van der Waals surface area contributed by atoms with Crippen LogP contribution in [0.15, 0.2) is 60.0 Å². The number of ether oxygens (including phenoxy) is 3. The molecule has 1 atom stereocenters. The Balaban J connectivity index is 1.39. The van der Waals surface area contributed by atoms with E-state index in [-0.39, 0.29) is 18.8 Å². The minimum atomic E-state index is -0.0556. The molecule has 6 nitrogen and oxygen atoms in total. The lowest BCUT2D eigenvalue weighted by Crippen LogP contribution is -2.37. The van der Waals surface area contributed by atoms with E-state index in [9.17, 15) is 4.79 Å². The summed E-state index contributed by atoms with van der Waals surface area (Å²) in [6.45, 7) is 3.97. The molecule has 1 saturated heterocycles. The van der Waals surface area contributed by atoms with Gasteiger partial charge in [-0.25, -0.2) is 4.98 Å². The topological polar surface area (TPSA) is 60.9 Å². The molecule has 0 aliphatic carbocycles. The molecule has 2 aliphatic rings. The summed E-state index contributed by atoms with van der Waals surface area (Å²) in [4.78, 5) is 21.8. The fourth-order valence-corrected chi connectivity index (χ4v) is 5.49. The van der Waals surface area contributed by atoms with Gasteiger partial charge in [-0.1, -0.05) is 18.2 Å². The highest BCUT2D eigenvalue weighted by molar-refractivity contribution is 7.13. The van der Waals surface area contributed by atoms with Gasteiger partial charge in [0.15, 0.2) is 11.5 Å². The molecular weight excluding hydrogens is 460 g/mol. The van der Waals surface area contributed by atoms with Gasteiger partial charge >= 0.3 is 0 Å². The van der Waals surface area contributed by atoms with Gasteiger partial charge in [-0.3, -0.25) is 4.79 Å². The Morgan fingerprint density at radius 3 is 2.86 bits per heavy atom. The van der Waals surface area contributed by atoms with Crippen LogP contribution < -0.4 is 9.47 Å². The highest BCUT2D eigenvalue weighted by Gasteiger charge is 2.26. The average molecular weight is 487 g/mol. The van der Waals surface area contributed by atoms with Crippen LogP contribution in [0.1, 0.15) is 34.3 Å². The molecule has 0 saturated carbocycles. The van der Waals surface area contributed by atoms with Gasteiger partial charge in [0.05, 0.1) is 22.2 Å². The Kier molecular flexibility index (Phi) is 5.88. The summed E-state index contributed by atoms with van der Waals surface area (Å²) in [6.07, 6.45) is 2.01. The molecular formula is C28H26N2O4S. The van der Waals surface area contributed by atoms with Crippen LogP contribution in [0.2, 0.25) is 0 Å². The summed E-state index contributed by atoms with van der Waals surface area (Å²) in [5.41, 5.74) is 4.66. The zero-order chi connectivity index (χ0) is 23.8. The van der Waals surface area contributed by atoms with Crippen molar-refractivity contribution in [2.24, 2.45) is 0 Å². The average Bonchev–Trinajstić information content (AvgIpc) is 3.65. The molecule has 0 N–H and O–H groups in total. The quantitative estimate of drug-likeness (QED) is 0.344. The van der Waals surface area contributed by atoms with E-state index in [1.54, 1.807) is 29.5 Å². The molecule has 0 radical (unpaired) electrons. The molecule has 6 rings (SSSR count). The van der Waals surface area contributed by atoms with E-state index in [0.717, 1.165) is 46.5 Å². The van der Waals surface area contributed by atoms with Gasteiger partial charge in [-0.2, -0.15) is 0 Å². The van der Waals surface area contributed by atoms with Crippen molar-refractivity contribution in [2.75, 3.05) is 19.9 Å². The molecule has 2 aromatic carbocycles. The number of aromatic nitrogens is 1. The third-order valence-corrected chi connectivity index (χ3v) is 7.40. The van der Waals surface area contributed by atoms with E-state index in [0.29, 0.717) is 30.2 Å². The predicted molar refractivity (Wildman–Crippen MR) is 136 cm³/mol. The molecule has 0 bridgehead atoms. The number of carbonyl (C=O) groups excluding carboxylic acids is 1. The lowest BCUT2D eigenvalue weighted by atomic mass is 10.0. The number of benzene rings is 2. The number of thiophene rings is 1. The summed E-state index contributed by atoms with van der Waals surface area (Å²) in [5, 5.41) is 3.13. The monoisotopic (exact) mass is 486 g/mol. The van der Waals surface area contributed by atoms with Gasteiger partial charge in [-0.05, 0) is 72.7 Å². The van der Waals surface area contributed by atoms with Gasteiger partial charge in [0.25, 0.3) is 5.91 Å². The minimum absolute atomic E-state index is 0.0363. The van der Waals surface area contributed by atoms with Crippen LogP contribution in [0, 0.1) is 6.92 Å². The molecule has 178 valence electrons. The lowest BCUT2D eigenvalue weighted by Gasteiger charge is -2.27. The summed E-state index contributed by atoms with van der Waals surface area (Å²) < 4.78 is 16.9. The SMILES string of the molecule is Cc1ccc2cc(CN(C[C@@H]3CCCO3)C(=O)c3ccc4c(c3)OCO4)c(-c3cccs3)nc2c1. The highest BCUT2D eigenvalue weighted by Crippen LogP contribution is 2.34. The summed E-state index contributed by atoms with van der Waals surface area (Å²) in [5.74, 6) is 1.22. The first-order chi connectivity index (χ1) is 17.1. The number of aryl methyl sites for hydroxylation is 1. The first kappa shape index (κ1) is 22.1. The van der Waals surface area contributed by atoms with Crippen LogP contribution in [0.4, 0.5) is 0 Å². The third-order valence-electron chi connectivity index (χ3n) is 6.52. The summed E-state index contributed by atoms with van der Waals surface area (Å²) >= 11 is 1.66. The van der Waals surface area contributed by atoms with Crippen LogP contribution in [-0.4, -0.2) is 41.8 Å². The zero-order valence-electron chi connectivity index (χ0n) is 19.5. The number of amides is 1. The molecule has 2 aliphatic heterocycles. The van der Waals surface area contributed by atoms with E-state index in [1.807, 2.05) is 11.0 Å². The minimum Gasteiger partial charge on any atom is -0.454 e. The molecule has 35 heavy (non-hydrogen) atoms. The number of fused-ring (bicyclic) bond motifs is 2. The first-order valence-electron chi connectivity index (χ1n) is 11.9. The molecule has 0 spiro atoms. The van der Waals surface area contributed by atoms with Crippen LogP contribution in [0.3, 0.4) is 0 Å². The Hall–Kier alpha value is -3.42. The van der Waals surface area contributed by atoms with E-state index < -0.39 is 0 Å². The largest absolute Gasteiger partial charge is 0.454 e. The molecule has 4 aromatic rings. The van der Waals surface area contributed by atoms with Gasteiger partial charge in [0.2, 0.25) is 6.79 Å². The van der Waals surface area contributed by atoms with Crippen LogP contribution in [-0.2, 0) is 11.3 Å². The van der Waals surface area contributed by atoms with Crippen molar-refractivity contribution in [3.63, 3.8) is 0 Å². The van der Waals surface area contributed by atoms with Crippen molar-refractivity contribution < 1.29 is 19.0 Å². The number of hydrogen-bond donors (Lipinski definition) is 0. The molecule has 2 aromatic heterocycles. The Morgan fingerprint density at radius 2 is 2.03 bits per heavy atom. The number of nitrogens with zero attached hydrogens (tertiary/aromatic N) is 2. The van der Waals surface area contributed by atoms with Crippen molar-refractivity contribution in [3.8, 4) is 22.1 Å². The Morgan fingerprint density at radius 1 is 1.11 bits per heavy atom. The Labute approximate surface area is 208 Å². The number of pyridine rings is 1. The van der Waals surface area contributed by atoms with Gasteiger partial charge in [-0.15, -0.1) is 11.3 Å². The Bertz CT molecular complexity index is 1380. The third kappa shape index (κ3) is 4.49. The maximum absolute atomic E-state index is 13.8. The number of rotatable bonds is 6. The van der Waals surface area contributed by atoms with Crippen LogP contribution in [0.25, 0.3) is 21.5 Å². The second-order valence-electron chi connectivity index (χ2n) is 9.06. The fourth-order valence-electron chi connectivity index (χ4n) is 4.74. The molecule has 7 heteroatoms. The fraction of sp³-hybridized carbons (Fsp3) is 0.286. The number of carbonyl (C=O) groups is 1. The van der Waals surface area contributed by atoms with Gasteiger partial charge in [0.1, 0.15) is 0 Å². The lowest BCUT2D eigenvalue weighted by molar-refractivity contribution is 0.0507. The van der Waals surface area contributed by atoms with E-state index in [2.05, 4.69) is 42.6 Å². The first-order valence-corrected chi connectivity index (χ1v) is 12.8. The van der Waals surface area contributed by atoms with Crippen molar-refractivity contribution in [2.45, 2.75) is 32.4 Å². The van der Waals surface area contributed by atoms with Gasteiger partial charge in [0, 0.05) is 30.6 Å². The maximum atomic E-state index is 13.8. The zero-order valence-corrected chi connectivity index (χ0v) is 20.3. The molecule has 0 unspecified atom stereocenters. The van der Waals surface area contributed by atoms with Crippen molar-refractivity contribution in [3.05, 3.63) is 76.7 Å². The van der Waals surface area contributed by atoms with Crippen LogP contribution >= 0.6 is 11.3 Å². The summed E-state index contributed by atoms with van der Waals surface area (Å²) in [6, 6.07) is 18.0. The van der Waals surface area contributed by atoms with Gasteiger partial charge < -0.3 is 19.1 Å². The molecule has 4 heterocycles. The van der Waals surface area contributed by atoms with E-state index in [1.165, 1.54) is 5.56 Å². The van der Waals surface area contributed by atoms with Crippen molar-refractivity contribution >= 4 is 28.1 Å². The van der Waals surface area contributed by atoms with E-state index in [4.69, 9.17) is 19.2 Å². The second-order valence-corrected chi connectivity index (χ2v) is 10.0. The normalized spacial score (nSPS) is 16.7. The summed E-state index contributed by atoms with van der Waals surface area (Å²) in [7, 11) is 0. The number of hydrogen-bond acceptors (Lipinski definition) is 6. The molecule has 1 amide bonds. The van der Waals surface area contributed by atoms with Crippen LogP contribution in [0.5, 0.6) is 11.5 Å². The smallest absolute Gasteiger partial charge is 0.254 e. The highest BCUT2D eigenvalue weighted by atomic mass is 32.1.